The summed E-state index contributed by atoms with van der Waals surface area (Å²) in [5.41, 5.74) is -0.413. The van der Waals surface area contributed by atoms with Crippen molar-refractivity contribution in [1.29, 1.82) is 0 Å². The fraction of sp³-hybridized carbons (Fsp3) is 0.591. The molecule has 0 radical (unpaired) electrons. The molecule has 3 aliphatic rings. The normalized spacial score (nSPS) is 26.3. The third-order valence-electron chi connectivity index (χ3n) is 6.62. The van der Waals surface area contributed by atoms with Crippen molar-refractivity contribution in [3.8, 4) is 5.88 Å². The van der Waals surface area contributed by atoms with Gasteiger partial charge in [0.15, 0.2) is 5.82 Å². The minimum Gasteiger partial charge on any atom is -0.473 e. The molecule has 1 saturated heterocycles. The molecule has 2 saturated carbocycles. The molecule has 2 aromatic rings. The number of ether oxygens (including phenoxy) is 2. The van der Waals surface area contributed by atoms with E-state index in [-0.39, 0.29) is 12.2 Å². The fourth-order valence-corrected chi connectivity index (χ4v) is 4.81. The van der Waals surface area contributed by atoms with E-state index in [4.69, 9.17) is 9.47 Å². The van der Waals surface area contributed by atoms with E-state index in [1.165, 1.54) is 12.8 Å². The molecule has 2 aliphatic carbocycles. The van der Waals surface area contributed by atoms with E-state index in [1.807, 2.05) is 12.1 Å². The number of hydrogen-bond acceptors (Lipinski definition) is 8. The van der Waals surface area contributed by atoms with Crippen LogP contribution >= 0.6 is 0 Å². The van der Waals surface area contributed by atoms with Gasteiger partial charge in [-0.25, -0.2) is 4.79 Å². The first-order chi connectivity index (χ1) is 15.2. The van der Waals surface area contributed by atoms with E-state index < -0.39 is 5.60 Å². The molecule has 9 heteroatoms. The van der Waals surface area contributed by atoms with Gasteiger partial charge >= 0.3 is 6.09 Å². The number of carbonyl (C=O) groups excluding carboxylic acids is 1. The first kappa shape index (κ1) is 20.0. The predicted molar refractivity (Wildman–Crippen MR) is 114 cm³/mol. The zero-order valence-electron chi connectivity index (χ0n) is 17.6. The number of nitrogens with one attached hydrogen (secondary N) is 1. The lowest BCUT2D eigenvalue weighted by atomic mass is 9.78. The van der Waals surface area contributed by atoms with Crippen molar-refractivity contribution in [3.63, 3.8) is 0 Å². The Kier molecular flexibility index (Phi) is 5.57. The van der Waals surface area contributed by atoms with Gasteiger partial charge in [0.1, 0.15) is 17.5 Å². The monoisotopic (exact) mass is 424 g/mol. The molecule has 3 heterocycles. The summed E-state index contributed by atoms with van der Waals surface area (Å²) < 4.78 is 11.7. The van der Waals surface area contributed by atoms with E-state index in [2.05, 4.69) is 25.7 Å². The highest BCUT2D eigenvalue weighted by atomic mass is 16.6. The molecule has 0 atom stereocenters. The summed E-state index contributed by atoms with van der Waals surface area (Å²) in [6.45, 7) is 1.37. The van der Waals surface area contributed by atoms with Gasteiger partial charge in [0.25, 0.3) is 0 Å². The number of rotatable bonds is 6. The molecule has 31 heavy (non-hydrogen) atoms. The Morgan fingerprint density at radius 1 is 1.10 bits per heavy atom. The first-order valence-electron chi connectivity index (χ1n) is 11.2. The maximum atomic E-state index is 12.4. The average molecular weight is 425 g/mol. The van der Waals surface area contributed by atoms with Crippen molar-refractivity contribution in [1.82, 2.24) is 20.4 Å². The molecule has 1 spiro atoms. The van der Waals surface area contributed by atoms with Crippen LogP contribution in [0.2, 0.25) is 0 Å². The van der Waals surface area contributed by atoms with Gasteiger partial charge in [-0.15, -0.1) is 15.3 Å². The smallest absolute Gasteiger partial charge is 0.416 e. The minimum atomic E-state index is -0.413. The Balaban J connectivity index is 1.09. The lowest BCUT2D eigenvalue weighted by molar-refractivity contribution is 0.0148. The second-order valence-electron chi connectivity index (χ2n) is 8.82. The molecular weight excluding hydrogens is 396 g/mol. The van der Waals surface area contributed by atoms with E-state index in [0.717, 1.165) is 50.9 Å². The lowest BCUT2D eigenvalue weighted by Gasteiger charge is -2.35. The molecule has 1 amide bonds. The van der Waals surface area contributed by atoms with Crippen molar-refractivity contribution in [2.24, 2.45) is 5.92 Å². The summed E-state index contributed by atoms with van der Waals surface area (Å²) in [5.74, 6) is 2.42. The van der Waals surface area contributed by atoms with Gasteiger partial charge in [-0.1, -0.05) is 0 Å². The van der Waals surface area contributed by atoms with Crippen LogP contribution in [0.4, 0.5) is 16.4 Å². The first-order valence-corrected chi connectivity index (χ1v) is 11.2. The van der Waals surface area contributed by atoms with Crippen molar-refractivity contribution >= 4 is 17.7 Å². The van der Waals surface area contributed by atoms with Crippen molar-refractivity contribution < 1.29 is 14.3 Å². The summed E-state index contributed by atoms with van der Waals surface area (Å²) in [6, 6.07) is 7.38. The standard InChI is InChI=1S/C22H28N6O3/c29-21-28(19-6-3-13-24-26-19)15-22(31-21)11-9-16(10-12-22)14-23-18-7-8-20(27-25-18)30-17-4-1-2-5-17/h3,6-8,13,16-17H,1-2,4-5,9-12,14-15H2,(H,23,25)/t16-,22-. The second-order valence-corrected chi connectivity index (χ2v) is 8.82. The Hall–Kier alpha value is -2.97. The summed E-state index contributed by atoms with van der Waals surface area (Å²) in [6.07, 6.45) is 9.92. The summed E-state index contributed by atoms with van der Waals surface area (Å²) >= 11 is 0. The van der Waals surface area contributed by atoms with Crippen LogP contribution in [0.25, 0.3) is 0 Å². The Morgan fingerprint density at radius 2 is 1.94 bits per heavy atom. The third kappa shape index (κ3) is 4.55. The second kappa shape index (κ2) is 8.64. The van der Waals surface area contributed by atoms with Crippen molar-refractivity contribution in [3.05, 3.63) is 30.5 Å². The zero-order valence-corrected chi connectivity index (χ0v) is 17.6. The molecule has 164 valence electrons. The Bertz CT molecular complexity index is 880. The molecule has 0 unspecified atom stereocenters. The SMILES string of the molecule is O=C1O[C@]2(CC[C@H](CNc3ccc(OC4CCCC4)nn3)CC2)CN1c1cccnn1. The number of anilines is 2. The van der Waals surface area contributed by atoms with Crippen LogP contribution in [-0.4, -0.2) is 51.3 Å². The number of hydrogen-bond donors (Lipinski definition) is 1. The molecule has 1 N–H and O–H groups in total. The van der Waals surface area contributed by atoms with Gasteiger partial charge in [-0.05, 0) is 75.5 Å². The van der Waals surface area contributed by atoms with E-state index in [0.29, 0.717) is 24.2 Å². The summed E-state index contributed by atoms with van der Waals surface area (Å²) in [4.78, 5) is 14.0. The van der Waals surface area contributed by atoms with Crippen LogP contribution in [-0.2, 0) is 4.74 Å². The third-order valence-corrected chi connectivity index (χ3v) is 6.62. The highest BCUT2D eigenvalue weighted by Crippen LogP contribution is 2.40. The van der Waals surface area contributed by atoms with Crippen LogP contribution < -0.4 is 15.0 Å². The molecule has 2 aromatic heterocycles. The molecule has 0 bridgehead atoms. The molecular formula is C22H28N6O3. The van der Waals surface area contributed by atoms with Crippen LogP contribution in [0.3, 0.4) is 0 Å². The highest BCUT2D eigenvalue weighted by Gasteiger charge is 2.48. The average Bonchev–Trinajstić information content (AvgIpc) is 3.43. The maximum absolute atomic E-state index is 12.4. The van der Waals surface area contributed by atoms with E-state index in [1.54, 1.807) is 23.2 Å². The van der Waals surface area contributed by atoms with E-state index >= 15 is 0 Å². The van der Waals surface area contributed by atoms with Crippen LogP contribution in [0.5, 0.6) is 5.88 Å². The number of carbonyl (C=O) groups is 1. The van der Waals surface area contributed by atoms with Crippen molar-refractivity contribution in [2.75, 3.05) is 23.3 Å². The van der Waals surface area contributed by atoms with Crippen LogP contribution in [0.15, 0.2) is 30.5 Å². The molecule has 9 nitrogen and oxygen atoms in total. The van der Waals surface area contributed by atoms with Gasteiger partial charge in [0.05, 0.1) is 6.54 Å². The van der Waals surface area contributed by atoms with E-state index in [9.17, 15) is 4.79 Å². The fourth-order valence-electron chi connectivity index (χ4n) is 4.81. The number of amides is 1. The number of aromatic nitrogens is 4. The number of nitrogens with zero attached hydrogens (tertiary/aromatic N) is 5. The maximum Gasteiger partial charge on any atom is 0.416 e. The van der Waals surface area contributed by atoms with Gasteiger partial charge in [-0.3, -0.25) is 4.90 Å². The van der Waals surface area contributed by atoms with Gasteiger partial charge in [0.2, 0.25) is 5.88 Å². The minimum absolute atomic E-state index is 0.289. The lowest BCUT2D eigenvalue weighted by Crippen LogP contribution is -2.39. The summed E-state index contributed by atoms with van der Waals surface area (Å²) in [7, 11) is 0. The summed E-state index contributed by atoms with van der Waals surface area (Å²) in [5, 5.41) is 19.8. The Labute approximate surface area is 181 Å². The molecule has 1 aliphatic heterocycles. The van der Waals surface area contributed by atoms with Gasteiger partial charge in [-0.2, -0.15) is 5.10 Å². The van der Waals surface area contributed by atoms with Gasteiger partial charge < -0.3 is 14.8 Å². The quantitative estimate of drug-likeness (QED) is 0.751. The van der Waals surface area contributed by atoms with Crippen LogP contribution in [0, 0.1) is 5.92 Å². The molecule has 5 rings (SSSR count). The Morgan fingerprint density at radius 3 is 2.65 bits per heavy atom. The molecule has 3 fully saturated rings. The largest absolute Gasteiger partial charge is 0.473 e. The topological polar surface area (TPSA) is 102 Å². The van der Waals surface area contributed by atoms with Gasteiger partial charge in [0, 0.05) is 18.8 Å². The van der Waals surface area contributed by atoms with Crippen LogP contribution in [0.1, 0.15) is 51.4 Å². The van der Waals surface area contributed by atoms with Crippen molar-refractivity contribution in [2.45, 2.75) is 63.1 Å². The molecule has 0 aromatic carbocycles. The zero-order chi connectivity index (χ0) is 21.1. The highest BCUT2D eigenvalue weighted by molar-refractivity contribution is 5.89. The predicted octanol–water partition coefficient (Wildman–Crippen LogP) is 3.59.